The summed E-state index contributed by atoms with van der Waals surface area (Å²) in [6.07, 6.45) is 3.04. The molecule has 0 saturated heterocycles. The highest BCUT2D eigenvalue weighted by molar-refractivity contribution is 5.99. The first-order chi connectivity index (χ1) is 18.6. The van der Waals surface area contributed by atoms with E-state index in [0.29, 0.717) is 12.0 Å². The topological polar surface area (TPSA) is 145 Å². The molecule has 2 atom stereocenters. The van der Waals surface area contributed by atoms with Crippen LogP contribution in [-0.2, 0) is 22.7 Å². The van der Waals surface area contributed by atoms with Crippen molar-refractivity contribution in [1.82, 2.24) is 25.4 Å². The fourth-order valence-corrected chi connectivity index (χ4v) is 3.90. The van der Waals surface area contributed by atoms with E-state index in [2.05, 4.69) is 20.7 Å². The van der Waals surface area contributed by atoms with E-state index in [4.69, 9.17) is 9.15 Å². The lowest BCUT2D eigenvalue weighted by atomic mass is 9.98. The number of nitrogens with one attached hydrogen (secondary N) is 2. The standard InChI is InChI=1S/C28H35N5O6/c1-18(2)13-22(24(34)26-32-33(28(37)39-26)16-21-11-8-12-29-15-21)30-25(35)23(14-19(3)4)31-27(36)38-17-20-9-6-5-7-10-20/h5-12,15,18-19,22-23H,13-14,16-17H2,1-4H3,(H,30,35)(H,31,36)/t22-,23-/m0/s1. The van der Waals surface area contributed by atoms with Gasteiger partial charge in [0.2, 0.25) is 11.7 Å². The SMILES string of the molecule is CC(C)C[C@H](NC(=O)OCc1ccccc1)C(=O)N[C@@H](CC(C)C)C(=O)c1nn(Cc2cccnc2)c(=O)o1. The molecular weight excluding hydrogens is 502 g/mol. The van der Waals surface area contributed by atoms with E-state index in [9.17, 15) is 19.2 Å². The zero-order valence-electron chi connectivity index (χ0n) is 22.6. The summed E-state index contributed by atoms with van der Waals surface area (Å²) in [5.74, 6) is -2.28. The minimum Gasteiger partial charge on any atom is -0.445 e. The molecular formula is C28H35N5O6. The quantitative estimate of drug-likeness (QED) is 0.316. The van der Waals surface area contributed by atoms with Crippen LogP contribution in [-0.4, -0.2) is 44.6 Å². The fourth-order valence-electron chi connectivity index (χ4n) is 3.90. The fraction of sp³-hybridized carbons (Fsp3) is 0.429. The van der Waals surface area contributed by atoms with Crippen molar-refractivity contribution in [3.05, 3.63) is 82.4 Å². The molecule has 0 fully saturated rings. The van der Waals surface area contributed by atoms with E-state index in [1.54, 1.807) is 24.5 Å². The number of amides is 2. The Kier molecular flexibility index (Phi) is 10.5. The average Bonchev–Trinajstić information content (AvgIpc) is 3.26. The van der Waals surface area contributed by atoms with Gasteiger partial charge >= 0.3 is 11.8 Å². The van der Waals surface area contributed by atoms with Crippen molar-refractivity contribution in [1.29, 1.82) is 0 Å². The normalized spacial score (nSPS) is 12.7. The molecule has 2 amide bonds. The smallest absolute Gasteiger partial charge is 0.437 e. The largest absolute Gasteiger partial charge is 0.445 e. The lowest BCUT2D eigenvalue weighted by Gasteiger charge is -2.24. The lowest BCUT2D eigenvalue weighted by molar-refractivity contribution is -0.124. The van der Waals surface area contributed by atoms with E-state index in [1.807, 2.05) is 58.0 Å². The highest BCUT2D eigenvalue weighted by Crippen LogP contribution is 2.13. The van der Waals surface area contributed by atoms with Gasteiger partial charge in [0, 0.05) is 12.4 Å². The Bertz CT molecular complexity index is 1290. The van der Waals surface area contributed by atoms with Crippen LogP contribution in [0.3, 0.4) is 0 Å². The third-order valence-corrected chi connectivity index (χ3v) is 5.74. The zero-order chi connectivity index (χ0) is 28.4. The predicted molar refractivity (Wildman–Crippen MR) is 143 cm³/mol. The van der Waals surface area contributed by atoms with Gasteiger partial charge < -0.3 is 19.8 Å². The number of carbonyl (C=O) groups excluding carboxylic acids is 3. The van der Waals surface area contributed by atoms with Crippen molar-refractivity contribution in [2.45, 2.75) is 65.8 Å². The van der Waals surface area contributed by atoms with Gasteiger partial charge in [0.25, 0.3) is 5.89 Å². The van der Waals surface area contributed by atoms with Crippen molar-refractivity contribution >= 4 is 17.8 Å². The van der Waals surface area contributed by atoms with Crippen LogP contribution in [0.25, 0.3) is 0 Å². The summed E-state index contributed by atoms with van der Waals surface area (Å²) in [5.41, 5.74) is 1.52. The third-order valence-electron chi connectivity index (χ3n) is 5.74. The van der Waals surface area contributed by atoms with E-state index in [0.717, 1.165) is 10.2 Å². The van der Waals surface area contributed by atoms with Gasteiger partial charge in [-0.05, 0) is 41.9 Å². The number of pyridine rings is 1. The van der Waals surface area contributed by atoms with Crippen molar-refractivity contribution in [3.63, 3.8) is 0 Å². The monoisotopic (exact) mass is 537 g/mol. The van der Waals surface area contributed by atoms with E-state index in [1.165, 1.54) is 0 Å². The van der Waals surface area contributed by atoms with Gasteiger partial charge in [0.15, 0.2) is 0 Å². The summed E-state index contributed by atoms with van der Waals surface area (Å²) >= 11 is 0. The molecule has 39 heavy (non-hydrogen) atoms. The Morgan fingerprint density at radius 1 is 0.923 bits per heavy atom. The van der Waals surface area contributed by atoms with Crippen molar-refractivity contribution in [2.24, 2.45) is 11.8 Å². The van der Waals surface area contributed by atoms with E-state index < -0.39 is 41.5 Å². The van der Waals surface area contributed by atoms with E-state index >= 15 is 0 Å². The Morgan fingerprint density at radius 3 is 2.23 bits per heavy atom. The number of nitrogens with zero attached hydrogens (tertiary/aromatic N) is 3. The number of hydrogen-bond acceptors (Lipinski definition) is 8. The molecule has 0 aliphatic carbocycles. The number of alkyl carbamates (subject to hydrolysis) is 1. The van der Waals surface area contributed by atoms with Crippen molar-refractivity contribution in [3.8, 4) is 0 Å². The van der Waals surface area contributed by atoms with Crippen LogP contribution in [0.15, 0.2) is 64.1 Å². The average molecular weight is 538 g/mol. The highest BCUT2D eigenvalue weighted by atomic mass is 16.5. The summed E-state index contributed by atoms with van der Waals surface area (Å²) in [7, 11) is 0. The molecule has 0 aliphatic rings. The molecule has 0 aliphatic heterocycles. The van der Waals surface area contributed by atoms with Gasteiger partial charge in [0.05, 0.1) is 12.6 Å². The van der Waals surface area contributed by atoms with Gasteiger partial charge in [-0.15, -0.1) is 5.10 Å². The number of ketones is 1. The Labute approximate surface area is 227 Å². The molecule has 2 aromatic heterocycles. The molecule has 0 radical (unpaired) electrons. The second kappa shape index (κ2) is 14.0. The molecule has 11 nitrogen and oxygen atoms in total. The predicted octanol–water partition coefficient (Wildman–Crippen LogP) is 3.33. The summed E-state index contributed by atoms with van der Waals surface area (Å²) in [4.78, 5) is 55.4. The van der Waals surface area contributed by atoms with Crippen LogP contribution in [0.5, 0.6) is 0 Å². The molecule has 0 unspecified atom stereocenters. The summed E-state index contributed by atoms with van der Waals surface area (Å²) in [5, 5.41) is 9.40. The molecule has 2 N–H and O–H groups in total. The van der Waals surface area contributed by atoms with Crippen LogP contribution in [0, 0.1) is 11.8 Å². The molecule has 0 bridgehead atoms. The van der Waals surface area contributed by atoms with Gasteiger partial charge in [-0.25, -0.2) is 9.59 Å². The van der Waals surface area contributed by atoms with Crippen LogP contribution in [0.1, 0.15) is 62.3 Å². The second-order valence-electron chi connectivity index (χ2n) is 10.1. The minimum atomic E-state index is -1.01. The number of Topliss-reactive ketones (excluding diaryl/α,β-unsaturated/α-hetero) is 1. The van der Waals surface area contributed by atoms with Crippen LogP contribution < -0.4 is 16.4 Å². The number of aromatic nitrogens is 3. The van der Waals surface area contributed by atoms with Gasteiger partial charge in [-0.3, -0.25) is 14.6 Å². The summed E-state index contributed by atoms with van der Waals surface area (Å²) < 4.78 is 11.5. The molecule has 208 valence electrons. The zero-order valence-corrected chi connectivity index (χ0v) is 22.6. The first-order valence-electron chi connectivity index (χ1n) is 12.9. The molecule has 1 aromatic carbocycles. The first-order valence-corrected chi connectivity index (χ1v) is 12.9. The Morgan fingerprint density at radius 2 is 1.59 bits per heavy atom. The second-order valence-corrected chi connectivity index (χ2v) is 10.1. The number of ether oxygens (including phenoxy) is 1. The van der Waals surface area contributed by atoms with Gasteiger partial charge in [-0.1, -0.05) is 64.1 Å². The lowest BCUT2D eigenvalue weighted by Crippen LogP contribution is -2.52. The molecule has 3 aromatic rings. The van der Waals surface area contributed by atoms with Gasteiger partial charge in [-0.2, -0.15) is 4.68 Å². The number of carbonyl (C=O) groups is 3. The maximum atomic E-state index is 13.3. The molecule has 0 spiro atoms. The highest BCUT2D eigenvalue weighted by Gasteiger charge is 2.31. The summed E-state index contributed by atoms with van der Waals surface area (Å²) in [6.45, 7) is 7.76. The van der Waals surface area contributed by atoms with Crippen LogP contribution in [0.2, 0.25) is 0 Å². The van der Waals surface area contributed by atoms with Crippen LogP contribution >= 0.6 is 0 Å². The third kappa shape index (κ3) is 9.20. The molecule has 0 saturated carbocycles. The Hall–Kier alpha value is -4.28. The molecule has 2 heterocycles. The molecule has 11 heteroatoms. The van der Waals surface area contributed by atoms with Crippen molar-refractivity contribution < 1.29 is 23.5 Å². The minimum absolute atomic E-state index is 0.0239. The Balaban J connectivity index is 1.71. The van der Waals surface area contributed by atoms with Gasteiger partial charge in [0.1, 0.15) is 12.6 Å². The van der Waals surface area contributed by atoms with Crippen molar-refractivity contribution in [2.75, 3.05) is 0 Å². The first kappa shape index (κ1) is 29.3. The summed E-state index contributed by atoms with van der Waals surface area (Å²) in [6, 6.07) is 10.7. The number of hydrogen-bond donors (Lipinski definition) is 2. The number of benzene rings is 1. The number of rotatable bonds is 13. The maximum Gasteiger partial charge on any atom is 0.437 e. The maximum absolute atomic E-state index is 13.3. The van der Waals surface area contributed by atoms with Crippen LogP contribution in [0.4, 0.5) is 4.79 Å². The molecule has 3 rings (SSSR count). The van der Waals surface area contributed by atoms with E-state index in [-0.39, 0.29) is 31.4 Å².